The lowest BCUT2D eigenvalue weighted by molar-refractivity contribution is -0.134. The number of hydrogen-bond acceptors (Lipinski definition) is 3. The summed E-state index contributed by atoms with van der Waals surface area (Å²) in [5, 5.41) is 6.10. The highest BCUT2D eigenvalue weighted by Gasteiger charge is 2.49. The summed E-state index contributed by atoms with van der Waals surface area (Å²) in [4.78, 5) is 24.9. The summed E-state index contributed by atoms with van der Waals surface area (Å²) in [6.07, 6.45) is 6.84. The van der Waals surface area contributed by atoms with Crippen LogP contribution in [0.2, 0.25) is 0 Å². The summed E-state index contributed by atoms with van der Waals surface area (Å²) < 4.78 is 5.47. The molecule has 0 saturated heterocycles. The van der Waals surface area contributed by atoms with Crippen LogP contribution in [0.1, 0.15) is 51.9 Å². The molecule has 0 unspecified atom stereocenters. The second-order valence-electron chi connectivity index (χ2n) is 6.77. The first kappa shape index (κ1) is 14.8. The largest absolute Gasteiger partial charge is 0.378 e. The van der Waals surface area contributed by atoms with Crippen molar-refractivity contribution in [2.75, 3.05) is 13.2 Å². The topological polar surface area (TPSA) is 67.4 Å². The molecule has 3 fully saturated rings. The molecular formula is C16H26N2O3. The average molecular weight is 294 g/mol. The smallest absolute Gasteiger partial charge is 0.245 e. The van der Waals surface area contributed by atoms with Crippen molar-refractivity contribution in [3.05, 3.63) is 0 Å². The maximum absolute atomic E-state index is 12.5. The van der Waals surface area contributed by atoms with Crippen LogP contribution in [-0.2, 0) is 14.3 Å². The second-order valence-corrected chi connectivity index (χ2v) is 6.77. The lowest BCUT2D eigenvalue weighted by Gasteiger charge is -2.29. The van der Waals surface area contributed by atoms with Gasteiger partial charge in [0.1, 0.15) is 5.54 Å². The van der Waals surface area contributed by atoms with Crippen LogP contribution < -0.4 is 10.6 Å². The molecule has 2 N–H and O–H groups in total. The van der Waals surface area contributed by atoms with Gasteiger partial charge in [0.2, 0.25) is 11.8 Å². The number of rotatable bonds is 7. The first-order chi connectivity index (χ1) is 10.1. The highest BCUT2D eigenvalue weighted by molar-refractivity contribution is 5.93. The third kappa shape index (κ3) is 3.39. The van der Waals surface area contributed by atoms with E-state index in [4.69, 9.17) is 4.74 Å². The summed E-state index contributed by atoms with van der Waals surface area (Å²) in [5.41, 5.74) is -0.661. The van der Waals surface area contributed by atoms with Crippen molar-refractivity contribution in [2.45, 2.75) is 63.5 Å². The van der Waals surface area contributed by atoms with E-state index in [2.05, 4.69) is 10.6 Å². The summed E-state index contributed by atoms with van der Waals surface area (Å²) in [6, 6.07) is 0. The lowest BCUT2D eigenvalue weighted by atomic mass is 9.95. The van der Waals surface area contributed by atoms with E-state index < -0.39 is 5.54 Å². The van der Waals surface area contributed by atoms with Crippen molar-refractivity contribution in [3.63, 3.8) is 0 Å². The van der Waals surface area contributed by atoms with Gasteiger partial charge in [0.25, 0.3) is 0 Å². The third-order valence-electron chi connectivity index (χ3n) is 4.95. The molecule has 118 valence electrons. The molecule has 3 aliphatic carbocycles. The van der Waals surface area contributed by atoms with Crippen LogP contribution in [0.4, 0.5) is 0 Å². The van der Waals surface area contributed by atoms with Gasteiger partial charge in [-0.1, -0.05) is 12.8 Å². The molecule has 0 aromatic carbocycles. The standard InChI is InChI=1S/C16H26N2O3/c1-2-21-13-9-12(13)14(19)18-16(7-3-4-8-16)15(20)17-10-11-5-6-11/h11-13H,2-10H2,1H3,(H,17,20)(H,18,19)/t12-,13+/m0/s1. The normalized spacial score (nSPS) is 30.0. The van der Waals surface area contributed by atoms with Crippen molar-refractivity contribution >= 4 is 11.8 Å². The molecule has 5 heteroatoms. The number of amides is 2. The minimum absolute atomic E-state index is 0.00285. The molecule has 0 heterocycles. The fraction of sp³-hybridized carbons (Fsp3) is 0.875. The van der Waals surface area contributed by atoms with E-state index in [9.17, 15) is 9.59 Å². The summed E-state index contributed by atoms with van der Waals surface area (Å²) >= 11 is 0. The molecule has 0 aromatic rings. The highest BCUT2D eigenvalue weighted by Crippen LogP contribution is 2.37. The van der Waals surface area contributed by atoms with Gasteiger partial charge in [-0.25, -0.2) is 0 Å². The SMILES string of the molecule is CCO[C@@H]1C[C@@H]1C(=O)NC1(C(=O)NCC2CC2)CCCC1. The number of ether oxygens (including phenoxy) is 1. The zero-order chi connectivity index (χ0) is 14.9. The minimum Gasteiger partial charge on any atom is -0.378 e. The van der Waals surface area contributed by atoms with E-state index in [-0.39, 0.29) is 23.8 Å². The van der Waals surface area contributed by atoms with Gasteiger partial charge in [0.05, 0.1) is 12.0 Å². The molecule has 2 amide bonds. The van der Waals surface area contributed by atoms with Crippen molar-refractivity contribution in [1.29, 1.82) is 0 Å². The van der Waals surface area contributed by atoms with Gasteiger partial charge in [-0.05, 0) is 44.9 Å². The van der Waals surface area contributed by atoms with Crippen LogP contribution in [0.25, 0.3) is 0 Å². The monoisotopic (exact) mass is 294 g/mol. The molecule has 5 nitrogen and oxygen atoms in total. The number of carbonyl (C=O) groups is 2. The number of nitrogens with one attached hydrogen (secondary N) is 2. The quantitative estimate of drug-likeness (QED) is 0.745. The van der Waals surface area contributed by atoms with E-state index in [1.807, 2.05) is 6.92 Å². The fourth-order valence-electron chi connectivity index (χ4n) is 3.29. The Morgan fingerprint density at radius 1 is 1.24 bits per heavy atom. The average Bonchev–Trinajstić information content (AvgIpc) is 3.37. The first-order valence-electron chi connectivity index (χ1n) is 8.36. The van der Waals surface area contributed by atoms with Gasteiger partial charge in [0.15, 0.2) is 0 Å². The van der Waals surface area contributed by atoms with E-state index in [1.165, 1.54) is 12.8 Å². The van der Waals surface area contributed by atoms with E-state index in [0.717, 1.165) is 38.6 Å². The Morgan fingerprint density at radius 3 is 2.57 bits per heavy atom. The van der Waals surface area contributed by atoms with Crippen LogP contribution in [0.5, 0.6) is 0 Å². The minimum atomic E-state index is -0.661. The molecule has 2 atom stereocenters. The maximum Gasteiger partial charge on any atom is 0.245 e. The Bertz CT molecular complexity index is 414. The van der Waals surface area contributed by atoms with Gasteiger partial charge in [-0.15, -0.1) is 0 Å². The van der Waals surface area contributed by atoms with Crippen LogP contribution in [0.3, 0.4) is 0 Å². The van der Waals surface area contributed by atoms with Gasteiger partial charge >= 0.3 is 0 Å². The molecule has 21 heavy (non-hydrogen) atoms. The summed E-state index contributed by atoms with van der Waals surface area (Å²) in [5.74, 6) is 0.623. The fourth-order valence-corrected chi connectivity index (χ4v) is 3.29. The number of carbonyl (C=O) groups excluding carboxylic acids is 2. The molecule has 3 saturated carbocycles. The Balaban J connectivity index is 1.55. The summed E-state index contributed by atoms with van der Waals surface area (Å²) in [6.45, 7) is 3.35. The first-order valence-corrected chi connectivity index (χ1v) is 8.36. The molecule has 0 radical (unpaired) electrons. The second kappa shape index (κ2) is 5.95. The van der Waals surface area contributed by atoms with Gasteiger partial charge in [-0.3, -0.25) is 9.59 Å². The Labute approximate surface area is 126 Å². The zero-order valence-corrected chi connectivity index (χ0v) is 12.8. The molecule has 0 spiro atoms. The lowest BCUT2D eigenvalue weighted by Crippen LogP contribution is -2.58. The molecule has 0 bridgehead atoms. The maximum atomic E-state index is 12.5. The van der Waals surface area contributed by atoms with Crippen molar-refractivity contribution in [3.8, 4) is 0 Å². The van der Waals surface area contributed by atoms with Crippen LogP contribution in [-0.4, -0.2) is 36.6 Å². The molecule has 3 aliphatic rings. The van der Waals surface area contributed by atoms with Crippen molar-refractivity contribution < 1.29 is 14.3 Å². The van der Waals surface area contributed by atoms with Crippen molar-refractivity contribution in [1.82, 2.24) is 10.6 Å². The predicted octanol–water partition coefficient (Wildman–Crippen LogP) is 1.37. The summed E-state index contributed by atoms with van der Waals surface area (Å²) in [7, 11) is 0. The van der Waals surface area contributed by atoms with Crippen LogP contribution >= 0.6 is 0 Å². The number of hydrogen-bond donors (Lipinski definition) is 2. The van der Waals surface area contributed by atoms with E-state index >= 15 is 0 Å². The van der Waals surface area contributed by atoms with E-state index in [0.29, 0.717) is 12.5 Å². The van der Waals surface area contributed by atoms with Crippen molar-refractivity contribution in [2.24, 2.45) is 11.8 Å². The van der Waals surface area contributed by atoms with Gasteiger partial charge in [0, 0.05) is 13.2 Å². The van der Waals surface area contributed by atoms with Crippen LogP contribution in [0, 0.1) is 11.8 Å². The molecule has 3 rings (SSSR count). The van der Waals surface area contributed by atoms with E-state index in [1.54, 1.807) is 0 Å². The predicted molar refractivity (Wildman–Crippen MR) is 78.6 cm³/mol. The highest BCUT2D eigenvalue weighted by atomic mass is 16.5. The van der Waals surface area contributed by atoms with Crippen LogP contribution in [0.15, 0.2) is 0 Å². The Morgan fingerprint density at radius 2 is 1.95 bits per heavy atom. The molecule has 0 aliphatic heterocycles. The van der Waals surface area contributed by atoms with Gasteiger partial charge in [-0.2, -0.15) is 0 Å². The molecular weight excluding hydrogens is 268 g/mol. The third-order valence-corrected chi connectivity index (χ3v) is 4.95. The van der Waals surface area contributed by atoms with Gasteiger partial charge < -0.3 is 15.4 Å². The Kier molecular flexibility index (Phi) is 4.20. The molecule has 0 aromatic heterocycles. The zero-order valence-electron chi connectivity index (χ0n) is 12.8. The Hall–Kier alpha value is -1.10.